The Bertz CT molecular complexity index is 598. The van der Waals surface area contributed by atoms with Crippen LogP contribution in [0.1, 0.15) is 29.3 Å². The number of nitrogens with one attached hydrogen (secondary N) is 2. The number of pyridine rings is 1. The minimum absolute atomic E-state index is 0. The van der Waals surface area contributed by atoms with Crippen molar-refractivity contribution in [3.8, 4) is 0 Å². The van der Waals surface area contributed by atoms with Crippen molar-refractivity contribution in [1.82, 2.24) is 15.6 Å². The van der Waals surface area contributed by atoms with E-state index < -0.39 is 0 Å². The first-order chi connectivity index (χ1) is 10.7. The highest BCUT2D eigenvalue weighted by molar-refractivity contribution is 14.0. The number of thiophene rings is 1. The van der Waals surface area contributed by atoms with Gasteiger partial charge in [0.15, 0.2) is 5.96 Å². The molecule has 2 N–H and O–H groups in total. The zero-order chi connectivity index (χ0) is 15.8. The van der Waals surface area contributed by atoms with Crippen molar-refractivity contribution in [3.05, 3.63) is 52.0 Å². The normalized spacial score (nSPS) is 12.4. The average molecular weight is 444 g/mol. The van der Waals surface area contributed by atoms with E-state index in [1.807, 2.05) is 29.5 Å². The average Bonchev–Trinajstić information content (AvgIpc) is 2.91. The molecule has 0 radical (unpaired) electrons. The zero-order valence-corrected chi connectivity index (χ0v) is 17.0. The molecule has 0 aromatic carbocycles. The van der Waals surface area contributed by atoms with Crippen molar-refractivity contribution in [3.63, 3.8) is 0 Å². The number of hydrogen-bond donors (Lipinski definition) is 2. The van der Waals surface area contributed by atoms with Crippen LogP contribution >= 0.6 is 35.3 Å². The minimum Gasteiger partial charge on any atom is -0.357 e. The quantitative estimate of drug-likeness (QED) is 0.405. The van der Waals surface area contributed by atoms with Crippen LogP contribution in [0.25, 0.3) is 0 Å². The third kappa shape index (κ3) is 7.30. The largest absolute Gasteiger partial charge is 0.357 e. The monoisotopic (exact) mass is 444 g/mol. The van der Waals surface area contributed by atoms with E-state index >= 15 is 0 Å². The number of aromatic nitrogens is 1. The Balaban J connectivity index is 0.00000264. The molecule has 0 saturated heterocycles. The van der Waals surface area contributed by atoms with Gasteiger partial charge in [0.25, 0.3) is 0 Å². The molecule has 0 saturated carbocycles. The smallest absolute Gasteiger partial charge is 0.191 e. The van der Waals surface area contributed by atoms with E-state index in [0.717, 1.165) is 24.6 Å². The molecule has 0 spiro atoms. The fraction of sp³-hybridized carbons (Fsp3) is 0.412. The van der Waals surface area contributed by atoms with Crippen LogP contribution in [0.3, 0.4) is 0 Å². The Labute approximate surface area is 159 Å². The Hall–Kier alpha value is -1.15. The molecule has 0 aliphatic rings. The predicted octanol–water partition coefficient (Wildman–Crippen LogP) is 3.76. The molecule has 2 aromatic heterocycles. The number of nitrogens with zero attached hydrogens (tertiary/aromatic N) is 2. The van der Waals surface area contributed by atoms with E-state index in [4.69, 9.17) is 0 Å². The van der Waals surface area contributed by atoms with E-state index in [0.29, 0.717) is 12.6 Å². The van der Waals surface area contributed by atoms with Gasteiger partial charge >= 0.3 is 0 Å². The van der Waals surface area contributed by atoms with Crippen LogP contribution in [0, 0.1) is 6.92 Å². The maximum Gasteiger partial charge on any atom is 0.191 e. The fourth-order valence-electron chi connectivity index (χ4n) is 2.15. The molecule has 6 heteroatoms. The van der Waals surface area contributed by atoms with Gasteiger partial charge in [0, 0.05) is 35.0 Å². The van der Waals surface area contributed by atoms with Crippen molar-refractivity contribution in [2.45, 2.75) is 39.8 Å². The van der Waals surface area contributed by atoms with Gasteiger partial charge in [-0.3, -0.25) is 4.98 Å². The molecule has 1 atom stereocenters. The lowest BCUT2D eigenvalue weighted by molar-refractivity contribution is 0.645. The second-order valence-electron chi connectivity index (χ2n) is 5.28. The van der Waals surface area contributed by atoms with E-state index in [9.17, 15) is 0 Å². The number of halogens is 1. The second-order valence-corrected chi connectivity index (χ2v) is 6.65. The predicted molar refractivity (Wildman–Crippen MR) is 110 cm³/mol. The standard InChI is InChI=1S/C17H24N4S.HI/c1-4-18-17(20-12-15-7-5-6-10-19-15)21-13(2)11-16-9-8-14(3)22-16;/h5-10,13H,4,11-12H2,1-3H3,(H2,18,20,21);1H. The van der Waals surface area contributed by atoms with Crippen LogP contribution in [0.15, 0.2) is 41.5 Å². The van der Waals surface area contributed by atoms with Crippen LogP contribution in [-0.4, -0.2) is 23.5 Å². The van der Waals surface area contributed by atoms with Crippen LogP contribution in [-0.2, 0) is 13.0 Å². The zero-order valence-electron chi connectivity index (χ0n) is 13.9. The van der Waals surface area contributed by atoms with Gasteiger partial charge in [-0.15, -0.1) is 35.3 Å². The molecule has 2 aromatic rings. The third-order valence-electron chi connectivity index (χ3n) is 3.16. The summed E-state index contributed by atoms with van der Waals surface area (Å²) in [6.07, 6.45) is 2.81. The molecule has 4 nitrogen and oxygen atoms in total. The molecule has 0 aliphatic carbocycles. The van der Waals surface area contributed by atoms with Gasteiger partial charge in [-0.1, -0.05) is 6.07 Å². The molecular weight excluding hydrogens is 419 g/mol. The topological polar surface area (TPSA) is 49.3 Å². The summed E-state index contributed by atoms with van der Waals surface area (Å²) >= 11 is 1.86. The Morgan fingerprint density at radius 1 is 1.30 bits per heavy atom. The lowest BCUT2D eigenvalue weighted by atomic mass is 10.2. The molecule has 0 bridgehead atoms. The lowest BCUT2D eigenvalue weighted by Crippen LogP contribution is -2.43. The van der Waals surface area contributed by atoms with Crippen molar-refractivity contribution in [2.24, 2.45) is 4.99 Å². The van der Waals surface area contributed by atoms with Gasteiger partial charge in [-0.2, -0.15) is 0 Å². The summed E-state index contributed by atoms with van der Waals surface area (Å²) in [5.41, 5.74) is 0.973. The Morgan fingerprint density at radius 3 is 2.74 bits per heavy atom. The first kappa shape index (κ1) is 19.9. The summed E-state index contributed by atoms with van der Waals surface area (Å²) in [7, 11) is 0. The maximum atomic E-state index is 4.61. The summed E-state index contributed by atoms with van der Waals surface area (Å²) in [5.74, 6) is 0.842. The van der Waals surface area contributed by atoms with Gasteiger partial charge < -0.3 is 10.6 Å². The molecular formula is C17H25IN4S. The number of aliphatic imine (C=N–C) groups is 1. The number of hydrogen-bond acceptors (Lipinski definition) is 3. The van der Waals surface area contributed by atoms with E-state index in [2.05, 4.69) is 53.5 Å². The van der Waals surface area contributed by atoms with E-state index in [-0.39, 0.29) is 24.0 Å². The molecule has 0 aliphatic heterocycles. The summed E-state index contributed by atoms with van der Waals surface area (Å²) in [4.78, 5) is 11.7. The molecule has 1 unspecified atom stereocenters. The number of rotatable bonds is 6. The molecule has 0 amide bonds. The van der Waals surface area contributed by atoms with Gasteiger partial charge in [-0.05, 0) is 45.0 Å². The molecule has 23 heavy (non-hydrogen) atoms. The highest BCUT2D eigenvalue weighted by atomic mass is 127. The fourth-order valence-corrected chi connectivity index (χ4v) is 3.17. The summed E-state index contributed by atoms with van der Waals surface area (Å²) in [6.45, 7) is 7.83. The molecule has 126 valence electrons. The van der Waals surface area contributed by atoms with Crippen molar-refractivity contribution < 1.29 is 0 Å². The van der Waals surface area contributed by atoms with E-state index in [1.165, 1.54) is 9.75 Å². The van der Waals surface area contributed by atoms with Gasteiger partial charge in [-0.25, -0.2) is 4.99 Å². The van der Waals surface area contributed by atoms with E-state index in [1.54, 1.807) is 6.20 Å². The number of aryl methyl sites for hydroxylation is 1. The highest BCUT2D eigenvalue weighted by Gasteiger charge is 2.07. The first-order valence-corrected chi connectivity index (χ1v) is 8.49. The third-order valence-corrected chi connectivity index (χ3v) is 4.18. The SMILES string of the molecule is CCNC(=NCc1ccccn1)NC(C)Cc1ccc(C)s1.I. The Morgan fingerprint density at radius 2 is 2.13 bits per heavy atom. The summed E-state index contributed by atoms with van der Waals surface area (Å²) in [5, 5.41) is 6.75. The summed E-state index contributed by atoms with van der Waals surface area (Å²) < 4.78 is 0. The lowest BCUT2D eigenvalue weighted by Gasteiger charge is -2.17. The first-order valence-electron chi connectivity index (χ1n) is 7.67. The molecule has 2 rings (SSSR count). The van der Waals surface area contributed by atoms with Gasteiger partial charge in [0.05, 0.1) is 12.2 Å². The van der Waals surface area contributed by atoms with Crippen molar-refractivity contribution in [2.75, 3.05) is 6.54 Å². The maximum absolute atomic E-state index is 4.61. The highest BCUT2D eigenvalue weighted by Crippen LogP contribution is 2.16. The van der Waals surface area contributed by atoms with Crippen molar-refractivity contribution in [1.29, 1.82) is 0 Å². The second kappa shape index (κ2) is 10.6. The molecule has 0 fully saturated rings. The Kier molecular flexibility index (Phi) is 9.16. The minimum atomic E-state index is 0. The van der Waals surface area contributed by atoms with Crippen LogP contribution in [0.4, 0.5) is 0 Å². The molecule has 2 heterocycles. The van der Waals surface area contributed by atoms with Crippen LogP contribution in [0.2, 0.25) is 0 Å². The van der Waals surface area contributed by atoms with Crippen LogP contribution in [0.5, 0.6) is 0 Å². The van der Waals surface area contributed by atoms with Crippen molar-refractivity contribution >= 4 is 41.3 Å². The van der Waals surface area contributed by atoms with Gasteiger partial charge in [0.1, 0.15) is 0 Å². The summed E-state index contributed by atoms with van der Waals surface area (Å²) in [6, 6.07) is 10.6. The number of guanidine groups is 1. The van der Waals surface area contributed by atoms with Gasteiger partial charge in [0.2, 0.25) is 0 Å². The van der Waals surface area contributed by atoms with Crippen LogP contribution < -0.4 is 10.6 Å².